The highest BCUT2D eigenvalue weighted by atomic mass is 16.5. The molecule has 3 aromatic rings. The van der Waals surface area contributed by atoms with Gasteiger partial charge in [-0.1, -0.05) is 13.8 Å². The number of aliphatic hydroxyl groups is 1. The van der Waals surface area contributed by atoms with Crippen molar-refractivity contribution in [1.82, 2.24) is 0 Å². The van der Waals surface area contributed by atoms with Crippen LogP contribution in [0.25, 0.3) is 5.76 Å². The number of piperidine rings is 1. The Labute approximate surface area is 216 Å². The van der Waals surface area contributed by atoms with E-state index in [-0.39, 0.29) is 11.3 Å². The fourth-order valence-corrected chi connectivity index (χ4v) is 4.99. The Morgan fingerprint density at radius 1 is 1.00 bits per heavy atom. The molecule has 0 saturated carbocycles. The maximum Gasteiger partial charge on any atom is 0.300 e. The number of ketones is 1. The second-order valence-electron chi connectivity index (χ2n) is 9.74. The van der Waals surface area contributed by atoms with Crippen LogP contribution in [0.5, 0.6) is 5.75 Å². The van der Waals surface area contributed by atoms with E-state index in [0.717, 1.165) is 44.0 Å². The molecule has 7 heteroatoms. The van der Waals surface area contributed by atoms with Crippen molar-refractivity contribution in [2.24, 2.45) is 5.92 Å². The lowest BCUT2D eigenvalue weighted by molar-refractivity contribution is -0.132. The first-order valence-electron chi connectivity index (χ1n) is 12.9. The van der Waals surface area contributed by atoms with Crippen molar-refractivity contribution >= 4 is 28.8 Å². The third-order valence-electron chi connectivity index (χ3n) is 7.13. The van der Waals surface area contributed by atoms with E-state index in [9.17, 15) is 14.7 Å². The number of Topliss-reactive ketones (excluding diaryl/α,β-unsaturated/α-hetero) is 1. The second-order valence-corrected chi connectivity index (χ2v) is 9.74. The van der Waals surface area contributed by atoms with Crippen molar-refractivity contribution in [3.8, 4) is 5.75 Å². The zero-order chi connectivity index (χ0) is 25.9. The van der Waals surface area contributed by atoms with Crippen LogP contribution in [0.2, 0.25) is 0 Å². The summed E-state index contributed by atoms with van der Waals surface area (Å²) in [7, 11) is 0. The predicted octanol–water partition coefficient (Wildman–Crippen LogP) is 5.93. The molecule has 2 fully saturated rings. The molecule has 2 aliphatic heterocycles. The molecule has 0 radical (unpaired) electrons. The Morgan fingerprint density at radius 3 is 2.30 bits per heavy atom. The van der Waals surface area contributed by atoms with Crippen molar-refractivity contribution in [3.05, 3.63) is 83.8 Å². The number of carbonyl (C=O) groups excluding carboxylic acids is 2. The fraction of sp³-hybridized carbons (Fsp3) is 0.333. The molecular weight excluding hydrogens is 468 g/mol. The number of furan rings is 1. The summed E-state index contributed by atoms with van der Waals surface area (Å²) >= 11 is 0. The van der Waals surface area contributed by atoms with Crippen LogP contribution in [0, 0.1) is 5.92 Å². The molecule has 3 heterocycles. The molecule has 0 bridgehead atoms. The molecule has 37 heavy (non-hydrogen) atoms. The topological polar surface area (TPSA) is 83.2 Å². The van der Waals surface area contributed by atoms with Gasteiger partial charge >= 0.3 is 0 Å². The normalized spacial score (nSPS) is 20.0. The minimum Gasteiger partial charge on any atom is -0.507 e. The summed E-state index contributed by atoms with van der Waals surface area (Å²) in [4.78, 5) is 30.3. The maximum atomic E-state index is 13.3. The van der Waals surface area contributed by atoms with E-state index in [1.165, 1.54) is 11.2 Å². The van der Waals surface area contributed by atoms with Gasteiger partial charge in [-0.2, -0.15) is 0 Å². The molecule has 0 aliphatic carbocycles. The summed E-state index contributed by atoms with van der Waals surface area (Å²) in [5.74, 6) is 0.103. The Kier molecular flexibility index (Phi) is 7.04. The molecule has 1 amide bonds. The SMILES string of the molecule is CCCOc1ccc(/C(O)=C2/C(=O)C(=O)N(c3ccc(N4CCC(C)CC4)cc3)C2c2ccco2)cc1. The van der Waals surface area contributed by atoms with Crippen molar-refractivity contribution in [2.75, 3.05) is 29.5 Å². The number of hydrogen-bond donors (Lipinski definition) is 1. The lowest BCUT2D eigenvalue weighted by Gasteiger charge is -2.32. The number of anilines is 2. The first-order valence-corrected chi connectivity index (χ1v) is 12.9. The van der Waals surface area contributed by atoms with E-state index in [1.807, 2.05) is 31.2 Å². The van der Waals surface area contributed by atoms with Gasteiger partial charge in [0.05, 0.1) is 18.4 Å². The van der Waals surface area contributed by atoms with E-state index in [2.05, 4.69) is 11.8 Å². The van der Waals surface area contributed by atoms with Crippen molar-refractivity contribution < 1.29 is 23.8 Å². The molecule has 1 aromatic heterocycles. The highest BCUT2D eigenvalue weighted by Gasteiger charge is 2.48. The van der Waals surface area contributed by atoms with E-state index in [4.69, 9.17) is 9.15 Å². The van der Waals surface area contributed by atoms with Crippen LogP contribution in [-0.4, -0.2) is 36.5 Å². The minimum absolute atomic E-state index is 0.00345. The maximum absolute atomic E-state index is 13.3. The highest BCUT2D eigenvalue weighted by Crippen LogP contribution is 2.42. The third kappa shape index (κ3) is 4.86. The van der Waals surface area contributed by atoms with Gasteiger partial charge in [0, 0.05) is 30.0 Å². The smallest absolute Gasteiger partial charge is 0.300 e. The molecule has 7 nitrogen and oxygen atoms in total. The first kappa shape index (κ1) is 24.7. The average Bonchev–Trinajstić information content (AvgIpc) is 3.55. The summed E-state index contributed by atoms with van der Waals surface area (Å²) in [5, 5.41) is 11.2. The molecule has 5 rings (SSSR count). The van der Waals surface area contributed by atoms with E-state index in [0.29, 0.717) is 29.4 Å². The predicted molar refractivity (Wildman–Crippen MR) is 143 cm³/mol. The zero-order valence-electron chi connectivity index (χ0n) is 21.2. The van der Waals surface area contributed by atoms with Gasteiger partial charge in [-0.25, -0.2) is 0 Å². The number of aliphatic hydroxyl groups excluding tert-OH is 1. The number of benzene rings is 2. The molecule has 1 N–H and O–H groups in total. The van der Waals surface area contributed by atoms with Crippen LogP contribution in [-0.2, 0) is 9.59 Å². The van der Waals surface area contributed by atoms with Gasteiger partial charge in [0.15, 0.2) is 0 Å². The summed E-state index contributed by atoms with van der Waals surface area (Å²) in [6.45, 7) is 6.89. The van der Waals surface area contributed by atoms with E-state index < -0.39 is 17.7 Å². The van der Waals surface area contributed by atoms with Crippen molar-refractivity contribution in [3.63, 3.8) is 0 Å². The zero-order valence-corrected chi connectivity index (χ0v) is 21.2. The summed E-state index contributed by atoms with van der Waals surface area (Å²) in [6.07, 6.45) is 4.68. The molecule has 192 valence electrons. The highest BCUT2D eigenvalue weighted by molar-refractivity contribution is 6.51. The fourth-order valence-electron chi connectivity index (χ4n) is 4.99. The summed E-state index contributed by atoms with van der Waals surface area (Å²) < 4.78 is 11.3. The number of nitrogens with zero attached hydrogens (tertiary/aromatic N) is 2. The van der Waals surface area contributed by atoms with E-state index in [1.54, 1.807) is 36.4 Å². The van der Waals surface area contributed by atoms with Crippen molar-refractivity contribution in [2.45, 2.75) is 39.2 Å². The Balaban J connectivity index is 1.49. The van der Waals surface area contributed by atoms with Gasteiger partial charge in [-0.3, -0.25) is 14.5 Å². The Morgan fingerprint density at radius 2 is 1.68 bits per heavy atom. The molecule has 0 spiro atoms. The molecular formula is C30H32N2O5. The lowest BCUT2D eigenvalue weighted by atomic mass is 9.98. The van der Waals surface area contributed by atoms with Crippen LogP contribution in [0.15, 0.2) is 76.9 Å². The average molecular weight is 501 g/mol. The standard InChI is InChI=1S/C30H32N2O5/c1-3-18-36-24-12-6-21(7-13-24)28(33)26-27(25-5-4-19-37-25)32(30(35)29(26)34)23-10-8-22(9-11-23)31-16-14-20(2)15-17-31/h4-13,19-20,27,33H,3,14-18H2,1-2H3/b28-26-. The van der Waals surface area contributed by atoms with Crippen LogP contribution in [0.1, 0.15) is 50.5 Å². The van der Waals surface area contributed by atoms with Gasteiger partial charge in [0.25, 0.3) is 11.7 Å². The molecule has 2 aromatic carbocycles. The first-order chi connectivity index (χ1) is 18.0. The molecule has 1 unspecified atom stereocenters. The monoisotopic (exact) mass is 500 g/mol. The summed E-state index contributed by atoms with van der Waals surface area (Å²) in [5.41, 5.74) is 2.08. The van der Waals surface area contributed by atoms with Crippen LogP contribution in [0.3, 0.4) is 0 Å². The molecule has 2 saturated heterocycles. The summed E-state index contributed by atoms with van der Waals surface area (Å²) in [6, 6.07) is 17.1. The Hall–Kier alpha value is -4.00. The largest absolute Gasteiger partial charge is 0.507 e. The van der Waals surface area contributed by atoms with Gasteiger partial charge < -0.3 is 19.2 Å². The second kappa shape index (κ2) is 10.5. The minimum atomic E-state index is -0.882. The van der Waals surface area contributed by atoms with Gasteiger partial charge in [-0.05, 0) is 85.8 Å². The van der Waals surface area contributed by atoms with Crippen LogP contribution < -0.4 is 14.5 Å². The van der Waals surface area contributed by atoms with Crippen molar-refractivity contribution in [1.29, 1.82) is 0 Å². The number of ether oxygens (including phenoxy) is 1. The van der Waals surface area contributed by atoms with Gasteiger partial charge in [-0.15, -0.1) is 0 Å². The van der Waals surface area contributed by atoms with Crippen LogP contribution >= 0.6 is 0 Å². The van der Waals surface area contributed by atoms with E-state index >= 15 is 0 Å². The number of carbonyl (C=O) groups is 2. The Bertz CT molecular complexity index is 1270. The van der Waals surface area contributed by atoms with Crippen LogP contribution in [0.4, 0.5) is 11.4 Å². The lowest BCUT2D eigenvalue weighted by Crippen LogP contribution is -2.33. The molecule has 1 atom stereocenters. The quantitative estimate of drug-likeness (QED) is 0.246. The number of rotatable bonds is 7. The molecule has 2 aliphatic rings. The van der Waals surface area contributed by atoms with Gasteiger partial charge in [0.1, 0.15) is 23.3 Å². The third-order valence-corrected chi connectivity index (χ3v) is 7.13. The number of amides is 1. The van der Waals surface area contributed by atoms with Gasteiger partial charge in [0.2, 0.25) is 0 Å². The number of hydrogen-bond acceptors (Lipinski definition) is 6.